The number of nitrogens with one attached hydrogen (secondary N) is 1. The Morgan fingerprint density at radius 3 is 2.26 bits per heavy atom. The van der Waals surface area contributed by atoms with Gasteiger partial charge in [0.1, 0.15) is 11.6 Å². The van der Waals surface area contributed by atoms with Crippen molar-refractivity contribution in [2.24, 2.45) is 11.3 Å². The molecule has 138 valence electrons. The van der Waals surface area contributed by atoms with Gasteiger partial charge in [0.25, 0.3) is 0 Å². The van der Waals surface area contributed by atoms with Crippen LogP contribution in [-0.2, 0) is 9.59 Å². The molecule has 3 aromatic rings. The van der Waals surface area contributed by atoms with Crippen LogP contribution in [0.5, 0.6) is 0 Å². The lowest BCUT2D eigenvalue weighted by Crippen LogP contribution is -2.41. The van der Waals surface area contributed by atoms with Gasteiger partial charge in [0.2, 0.25) is 0 Å². The maximum Gasteiger partial charge on any atom is 0.144 e. The van der Waals surface area contributed by atoms with Crippen molar-refractivity contribution >= 4 is 22.5 Å². The highest BCUT2D eigenvalue weighted by atomic mass is 16.2. The van der Waals surface area contributed by atoms with E-state index in [1.165, 1.54) is 5.56 Å². The van der Waals surface area contributed by atoms with Crippen molar-refractivity contribution in [3.63, 3.8) is 0 Å². The number of carbonyl (C=O) groups is 2. The molecule has 0 spiro atoms. The number of benzene rings is 2. The van der Waals surface area contributed by atoms with Crippen LogP contribution in [0.25, 0.3) is 10.9 Å². The fraction of sp³-hybridized carbons (Fsp3) is 0.333. The third kappa shape index (κ3) is 3.23. The molecule has 4 rings (SSSR count). The third-order valence-corrected chi connectivity index (χ3v) is 5.73. The molecule has 1 aliphatic carbocycles. The van der Waals surface area contributed by atoms with Gasteiger partial charge in [0, 0.05) is 35.9 Å². The first-order valence-electron chi connectivity index (χ1n) is 9.54. The summed E-state index contributed by atoms with van der Waals surface area (Å²) >= 11 is 0. The number of Topliss-reactive ketones (excluding diaryl/α,β-unsaturated/α-hetero) is 2. The maximum absolute atomic E-state index is 13.1. The Bertz CT molecular complexity index is 990. The van der Waals surface area contributed by atoms with E-state index in [9.17, 15) is 9.59 Å². The fourth-order valence-corrected chi connectivity index (χ4v) is 4.45. The van der Waals surface area contributed by atoms with E-state index in [0.29, 0.717) is 12.8 Å². The van der Waals surface area contributed by atoms with Crippen LogP contribution in [0.3, 0.4) is 0 Å². The summed E-state index contributed by atoms with van der Waals surface area (Å²) in [4.78, 5) is 29.5. The summed E-state index contributed by atoms with van der Waals surface area (Å²) in [6.45, 7) is 6.06. The Morgan fingerprint density at radius 1 is 0.963 bits per heavy atom. The number of fused-ring (bicyclic) bond motifs is 1. The number of carbonyl (C=O) groups excluding carboxylic acids is 2. The number of rotatable bonds is 3. The second-order valence-corrected chi connectivity index (χ2v) is 8.61. The molecule has 0 amide bonds. The van der Waals surface area contributed by atoms with Gasteiger partial charge in [-0.25, -0.2) is 0 Å². The molecule has 0 radical (unpaired) electrons. The number of aryl methyl sites for hydroxylation is 1. The minimum atomic E-state index is -0.611. The standard InChI is InChI=1S/C24H25NO2/c1-15-8-10-16(11-9-15)22(18-14-25-19-7-5-4-6-17(18)19)23-20(26)12-24(2,3)13-21(23)27/h4-11,14,22-23,25H,12-13H2,1-3H3. The second kappa shape index (κ2) is 6.49. The first-order chi connectivity index (χ1) is 12.9. The van der Waals surface area contributed by atoms with Crippen molar-refractivity contribution in [2.75, 3.05) is 0 Å². The molecule has 0 saturated heterocycles. The van der Waals surface area contributed by atoms with Crippen LogP contribution < -0.4 is 0 Å². The molecule has 1 atom stereocenters. The first-order valence-corrected chi connectivity index (χ1v) is 9.54. The molecular weight excluding hydrogens is 334 g/mol. The molecule has 1 fully saturated rings. The van der Waals surface area contributed by atoms with Gasteiger partial charge in [-0.15, -0.1) is 0 Å². The third-order valence-electron chi connectivity index (χ3n) is 5.73. The number of para-hydroxylation sites is 1. The van der Waals surface area contributed by atoms with Crippen molar-refractivity contribution in [2.45, 2.75) is 39.5 Å². The zero-order valence-electron chi connectivity index (χ0n) is 16.1. The summed E-state index contributed by atoms with van der Waals surface area (Å²) in [6, 6.07) is 16.3. The summed E-state index contributed by atoms with van der Waals surface area (Å²) in [6.07, 6.45) is 2.87. The first kappa shape index (κ1) is 17.7. The Kier molecular flexibility index (Phi) is 4.26. The van der Waals surface area contributed by atoms with E-state index in [4.69, 9.17) is 0 Å². The van der Waals surface area contributed by atoms with Crippen molar-refractivity contribution in [3.05, 3.63) is 71.4 Å². The van der Waals surface area contributed by atoms with Gasteiger partial charge in [-0.2, -0.15) is 0 Å². The Morgan fingerprint density at radius 2 is 1.59 bits per heavy atom. The molecule has 0 bridgehead atoms. The molecule has 2 aromatic carbocycles. The second-order valence-electron chi connectivity index (χ2n) is 8.61. The average molecular weight is 359 g/mol. The number of ketones is 2. The lowest BCUT2D eigenvalue weighted by Gasteiger charge is -2.36. The molecule has 1 aliphatic rings. The molecule has 3 nitrogen and oxygen atoms in total. The Balaban J connectivity index is 1.88. The zero-order chi connectivity index (χ0) is 19.2. The van der Waals surface area contributed by atoms with E-state index in [1.54, 1.807) is 0 Å². The summed E-state index contributed by atoms with van der Waals surface area (Å²) in [5.74, 6) is -0.739. The van der Waals surface area contributed by atoms with Crippen molar-refractivity contribution < 1.29 is 9.59 Å². The summed E-state index contributed by atoms with van der Waals surface area (Å²) in [7, 11) is 0. The van der Waals surface area contributed by atoms with Crippen LogP contribution >= 0.6 is 0 Å². The highest BCUT2D eigenvalue weighted by molar-refractivity contribution is 6.07. The smallest absolute Gasteiger partial charge is 0.144 e. The van der Waals surface area contributed by atoms with Gasteiger partial charge in [-0.1, -0.05) is 61.9 Å². The van der Waals surface area contributed by atoms with Crippen molar-refractivity contribution in [1.82, 2.24) is 4.98 Å². The minimum Gasteiger partial charge on any atom is -0.361 e. The van der Waals surface area contributed by atoms with E-state index in [-0.39, 0.29) is 22.9 Å². The lowest BCUT2D eigenvalue weighted by molar-refractivity contribution is -0.140. The summed E-state index contributed by atoms with van der Waals surface area (Å²) in [5.41, 5.74) is 4.00. The van der Waals surface area contributed by atoms with Crippen molar-refractivity contribution in [3.8, 4) is 0 Å². The normalized spacial score (nSPS) is 18.8. The minimum absolute atomic E-state index is 0.0621. The number of hydrogen-bond acceptors (Lipinski definition) is 2. The number of aromatic nitrogens is 1. The molecular formula is C24H25NO2. The molecule has 27 heavy (non-hydrogen) atoms. The molecule has 3 heteroatoms. The van der Waals surface area contributed by atoms with Gasteiger partial charge in [-0.3, -0.25) is 9.59 Å². The van der Waals surface area contributed by atoms with Crippen LogP contribution in [0.1, 0.15) is 49.3 Å². The molecule has 1 heterocycles. The maximum atomic E-state index is 13.1. The van der Waals surface area contributed by atoms with Crippen molar-refractivity contribution in [1.29, 1.82) is 0 Å². The predicted octanol–water partition coefficient (Wildman–Crippen LogP) is 5.18. The van der Waals surface area contributed by atoms with Gasteiger partial charge in [0.05, 0.1) is 5.92 Å². The SMILES string of the molecule is Cc1ccc(C(c2c[nH]c3ccccc23)C2C(=O)CC(C)(C)CC2=O)cc1. The fourth-order valence-electron chi connectivity index (χ4n) is 4.45. The Hall–Kier alpha value is -2.68. The highest BCUT2D eigenvalue weighted by Crippen LogP contribution is 2.44. The molecule has 1 N–H and O–H groups in total. The van der Waals surface area contributed by atoms with Gasteiger partial charge < -0.3 is 4.98 Å². The van der Waals surface area contributed by atoms with Gasteiger partial charge >= 0.3 is 0 Å². The van der Waals surface area contributed by atoms with Gasteiger partial charge in [-0.05, 0) is 29.5 Å². The zero-order valence-corrected chi connectivity index (χ0v) is 16.1. The van der Waals surface area contributed by atoms with Crippen LogP contribution in [0.2, 0.25) is 0 Å². The van der Waals surface area contributed by atoms with Crippen LogP contribution in [0.15, 0.2) is 54.7 Å². The number of H-pyrrole nitrogens is 1. The van der Waals surface area contributed by atoms with E-state index < -0.39 is 5.92 Å². The number of hydrogen-bond donors (Lipinski definition) is 1. The molecule has 1 unspecified atom stereocenters. The van der Waals surface area contributed by atoms with E-state index in [1.807, 2.05) is 45.2 Å². The Labute approximate surface area is 159 Å². The van der Waals surface area contributed by atoms with Crippen LogP contribution in [-0.4, -0.2) is 16.6 Å². The number of aromatic amines is 1. The van der Waals surface area contributed by atoms with E-state index in [0.717, 1.165) is 22.0 Å². The predicted molar refractivity (Wildman–Crippen MR) is 108 cm³/mol. The van der Waals surface area contributed by atoms with E-state index >= 15 is 0 Å². The monoisotopic (exact) mass is 359 g/mol. The largest absolute Gasteiger partial charge is 0.361 e. The van der Waals surface area contributed by atoms with E-state index in [2.05, 4.69) is 35.3 Å². The summed E-state index contributed by atoms with van der Waals surface area (Å²) < 4.78 is 0. The molecule has 0 aliphatic heterocycles. The topological polar surface area (TPSA) is 49.9 Å². The molecule has 1 saturated carbocycles. The summed E-state index contributed by atoms with van der Waals surface area (Å²) in [5, 5.41) is 1.08. The van der Waals surface area contributed by atoms with Gasteiger partial charge in [0.15, 0.2) is 0 Å². The molecule has 1 aromatic heterocycles. The lowest BCUT2D eigenvalue weighted by atomic mass is 9.65. The van der Waals surface area contributed by atoms with Crippen LogP contribution in [0, 0.1) is 18.3 Å². The van der Waals surface area contributed by atoms with Crippen LogP contribution in [0.4, 0.5) is 0 Å². The highest BCUT2D eigenvalue weighted by Gasteiger charge is 2.44. The quantitative estimate of drug-likeness (QED) is 0.655. The average Bonchev–Trinajstić information content (AvgIpc) is 3.02.